The number of likely N-dealkylation sites (tertiary alicyclic amines) is 1. The molecule has 2 heterocycles. The van der Waals surface area contributed by atoms with Crippen LogP contribution in [0.5, 0.6) is 0 Å². The molecule has 2 rings (SSSR count). The van der Waals surface area contributed by atoms with E-state index in [-0.39, 0.29) is 11.8 Å². The van der Waals surface area contributed by atoms with Gasteiger partial charge < -0.3 is 10.1 Å². The van der Waals surface area contributed by atoms with Crippen LogP contribution in [-0.4, -0.2) is 44.6 Å². The van der Waals surface area contributed by atoms with Crippen molar-refractivity contribution in [2.24, 2.45) is 18.1 Å². The first-order chi connectivity index (χ1) is 9.60. The van der Waals surface area contributed by atoms with Gasteiger partial charge in [-0.3, -0.25) is 9.48 Å². The molecule has 0 aliphatic carbocycles. The van der Waals surface area contributed by atoms with Crippen molar-refractivity contribution >= 4 is 11.6 Å². The summed E-state index contributed by atoms with van der Waals surface area (Å²) in [6.07, 6.45) is 4.05. The van der Waals surface area contributed by atoms with Gasteiger partial charge in [0.15, 0.2) is 0 Å². The van der Waals surface area contributed by atoms with Crippen LogP contribution in [0.2, 0.25) is 0 Å². The van der Waals surface area contributed by atoms with Gasteiger partial charge in [-0.05, 0) is 12.8 Å². The van der Waals surface area contributed by atoms with Crippen LogP contribution in [-0.2, 0) is 13.5 Å². The van der Waals surface area contributed by atoms with E-state index in [4.69, 9.17) is 5.21 Å². The number of piperidine rings is 1. The molecule has 1 fully saturated rings. The normalized spacial score (nSPS) is 21.4. The van der Waals surface area contributed by atoms with E-state index in [1.807, 2.05) is 25.8 Å². The first kappa shape index (κ1) is 14.6. The van der Waals surface area contributed by atoms with Crippen molar-refractivity contribution in [1.29, 1.82) is 0 Å². The molecule has 0 bridgehead atoms. The fraction of sp³-hybridized carbons (Fsp3) is 0.643. The molecule has 1 unspecified atom stereocenters. The molecule has 110 valence electrons. The van der Waals surface area contributed by atoms with E-state index in [0.29, 0.717) is 25.1 Å². The van der Waals surface area contributed by atoms with E-state index in [0.717, 1.165) is 24.2 Å². The van der Waals surface area contributed by atoms with Gasteiger partial charge in [0.05, 0.1) is 17.0 Å². The molecule has 0 saturated carbocycles. The standard InChI is InChI=1S/C14H22N4O2/c1-4-10-8-18(7-6-13(10)16-20)14(19)11-9-17(3)15-12(11)5-2/h9-10,20H,4-8H2,1-3H3. The summed E-state index contributed by atoms with van der Waals surface area (Å²) in [7, 11) is 1.83. The molecule has 6 nitrogen and oxygen atoms in total. The summed E-state index contributed by atoms with van der Waals surface area (Å²) >= 11 is 0. The quantitative estimate of drug-likeness (QED) is 0.675. The smallest absolute Gasteiger partial charge is 0.257 e. The third-order valence-corrected chi connectivity index (χ3v) is 3.93. The molecular weight excluding hydrogens is 256 g/mol. The SMILES string of the molecule is CCc1nn(C)cc1C(=O)N1CCC(=NO)C(CC)C1. The van der Waals surface area contributed by atoms with E-state index in [2.05, 4.69) is 10.3 Å². The maximum absolute atomic E-state index is 12.6. The average Bonchev–Trinajstić information content (AvgIpc) is 2.86. The van der Waals surface area contributed by atoms with Crippen LogP contribution in [0.25, 0.3) is 0 Å². The Bertz CT molecular complexity index is 521. The summed E-state index contributed by atoms with van der Waals surface area (Å²) in [5.74, 6) is 0.185. The van der Waals surface area contributed by atoms with Crippen LogP contribution in [0.15, 0.2) is 11.4 Å². The van der Waals surface area contributed by atoms with Crippen molar-refractivity contribution in [2.45, 2.75) is 33.1 Å². The van der Waals surface area contributed by atoms with E-state index < -0.39 is 0 Å². The highest BCUT2D eigenvalue weighted by Crippen LogP contribution is 2.20. The Balaban J connectivity index is 2.17. The van der Waals surface area contributed by atoms with Crippen LogP contribution in [0.1, 0.15) is 42.7 Å². The molecule has 1 saturated heterocycles. The summed E-state index contributed by atoms with van der Waals surface area (Å²) in [6.45, 7) is 5.27. The Labute approximate surface area is 119 Å². The summed E-state index contributed by atoms with van der Waals surface area (Å²) in [4.78, 5) is 14.5. The molecule has 1 aliphatic heterocycles. The van der Waals surface area contributed by atoms with Gasteiger partial charge in [-0.15, -0.1) is 0 Å². The van der Waals surface area contributed by atoms with E-state index >= 15 is 0 Å². The van der Waals surface area contributed by atoms with Crippen molar-refractivity contribution in [2.75, 3.05) is 13.1 Å². The molecular formula is C14H22N4O2. The fourth-order valence-electron chi connectivity index (χ4n) is 2.74. The molecule has 0 spiro atoms. The summed E-state index contributed by atoms with van der Waals surface area (Å²) in [5, 5.41) is 16.7. The van der Waals surface area contributed by atoms with Crippen LogP contribution >= 0.6 is 0 Å². The van der Waals surface area contributed by atoms with E-state index in [1.54, 1.807) is 10.9 Å². The van der Waals surface area contributed by atoms with Crippen LogP contribution in [0.3, 0.4) is 0 Å². The third kappa shape index (κ3) is 2.69. The van der Waals surface area contributed by atoms with Gasteiger partial charge in [0.1, 0.15) is 0 Å². The highest BCUT2D eigenvalue weighted by atomic mass is 16.4. The van der Waals surface area contributed by atoms with Gasteiger partial charge >= 0.3 is 0 Å². The topological polar surface area (TPSA) is 70.7 Å². The minimum absolute atomic E-state index is 0.0328. The van der Waals surface area contributed by atoms with Crippen molar-refractivity contribution in [3.8, 4) is 0 Å². The monoisotopic (exact) mass is 278 g/mol. The van der Waals surface area contributed by atoms with Gasteiger partial charge in [-0.1, -0.05) is 19.0 Å². The number of oxime groups is 1. The predicted octanol–water partition coefficient (Wildman–Crippen LogP) is 1.68. The molecule has 1 amide bonds. The number of aromatic nitrogens is 2. The molecule has 1 aromatic rings. The molecule has 1 aliphatic rings. The van der Waals surface area contributed by atoms with Crippen molar-refractivity contribution in [3.63, 3.8) is 0 Å². The van der Waals surface area contributed by atoms with Gasteiger partial charge in [-0.2, -0.15) is 5.10 Å². The lowest BCUT2D eigenvalue weighted by Gasteiger charge is -2.32. The molecule has 1 N–H and O–H groups in total. The van der Waals surface area contributed by atoms with Gasteiger partial charge in [-0.25, -0.2) is 0 Å². The lowest BCUT2D eigenvalue weighted by atomic mass is 9.93. The summed E-state index contributed by atoms with van der Waals surface area (Å²) in [6, 6.07) is 0. The second-order valence-electron chi connectivity index (χ2n) is 5.21. The number of amides is 1. The summed E-state index contributed by atoms with van der Waals surface area (Å²) in [5.41, 5.74) is 2.33. The van der Waals surface area contributed by atoms with Gasteiger partial charge in [0.2, 0.25) is 0 Å². The van der Waals surface area contributed by atoms with Crippen LogP contribution in [0.4, 0.5) is 0 Å². The van der Waals surface area contributed by atoms with Gasteiger partial charge in [0.25, 0.3) is 5.91 Å². The Morgan fingerprint density at radius 3 is 2.90 bits per heavy atom. The highest BCUT2D eigenvalue weighted by Gasteiger charge is 2.29. The second-order valence-corrected chi connectivity index (χ2v) is 5.21. The molecule has 1 aromatic heterocycles. The maximum atomic E-state index is 12.6. The number of rotatable bonds is 3. The number of hydrogen-bond donors (Lipinski definition) is 1. The lowest BCUT2D eigenvalue weighted by molar-refractivity contribution is 0.0728. The average molecular weight is 278 g/mol. The Morgan fingerprint density at radius 2 is 2.30 bits per heavy atom. The first-order valence-corrected chi connectivity index (χ1v) is 7.13. The van der Waals surface area contributed by atoms with Crippen molar-refractivity contribution < 1.29 is 10.0 Å². The minimum Gasteiger partial charge on any atom is -0.411 e. The Morgan fingerprint density at radius 1 is 1.55 bits per heavy atom. The molecule has 1 atom stereocenters. The Kier molecular flexibility index (Phi) is 4.42. The number of carbonyl (C=O) groups excluding carboxylic acids is 1. The number of aryl methyl sites for hydroxylation is 2. The zero-order valence-corrected chi connectivity index (χ0v) is 12.3. The Hall–Kier alpha value is -1.85. The zero-order chi connectivity index (χ0) is 14.7. The van der Waals surface area contributed by atoms with E-state index in [1.165, 1.54) is 0 Å². The molecule has 0 aromatic carbocycles. The van der Waals surface area contributed by atoms with Gasteiger partial charge in [0, 0.05) is 38.7 Å². The molecule has 20 heavy (non-hydrogen) atoms. The lowest BCUT2D eigenvalue weighted by Crippen LogP contribution is -2.44. The minimum atomic E-state index is 0.0328. The highest BCUT2D eigenvalue weighted by molar-refractivity contribution is 5.97. The number of carbonyl (C=O) groups is 1. The summed E-state index contributed by atoms with van der Waals surface area (Å²) < 4.78 is 1.69. The van der Waals surface area contributed by atoms with E-state index in [9.17, 15) is 4.79 Å². The van der Waals surface area contributed by atoms with Crippen molar-refractivity contribution in [1.82, 2.24) is 14.7 Å². The molecule has 6 heteroatoms. The second kappa shape index (κ2) is 6.07. The molecule has 0 radical (unpaired) electrons. The first-order valence-electron chi connectivity index (χ1n) is 7.13. The number of hydrogen-bond acceptors (Lipinski definition) is 4. The largest absolute Gasteiger partial charge is 0.411 e. The number of nitrogens with zero attached hydrogens (tertiary/aromatic N) is 4. The zero-order valence-electron chi connectivity index (χ0n) is 12.3. The fourth-order valence-corrected chi connectivity index (χ4v) is 2.74. The van der Waals surface area contributed by atoms with Crippen molar-refractivity contribution in [3.05, 3.63) is 17.5 Å². The maximum Gasteiger partial charge on any atom is 0.257 e. The predicted molar refractivity (Wildman–Crippen MR) is 76.1 cm³/mol. The van der Waals surface area contributed by atoms with Crippen LogP contribution < -0.4 is 0 Å². The third-order valence-electron chi connectivity index (χ3n) is 3.93. The van der Waals surface area contributed by atoms with Crippen LogP contribution in [0, 0.1) is 5.92 Å².